The van der Waals surface area contributed by atoms with Crippen molar-refractivity contribution in [3.05, 3.63) is 90.5 Å². The Labute approximate surface area is 183 Å². The Morgan fingerprint density at radius 2 is 1.69 bits per heavy atom. The van der Waals surface area contributed by atoms with Crippen molar-refractivity contribution in [1.82, 2.24) is 4.98 Å². The van der Waals surface area contributed by atoms with Crippen LogP contribution < -0.4 is 0 Å². The molecule has 0 atom stereocenters. The molecule has 0 bridgehead atoms. The summed E-state index contributed by atoms with van der Waals surface area (Å²) >= 11 is -0.190. The zero-order chi connectivity index (χ0) is 23.5. The summed E-state index contributed by atoms with van der Waals surface area (Å²) in [6.45, 7) is 6.68. The van der Waals surface area contributed by atoms with E-state index in [0.29, 0.717) is 5.39 Å². The van der Waals surface area contributed by atoms with Crippen LogP contribution in [-0.2, 0) is 5.41 Å². The third-order valence-corrected chi connectivity index (χ3v) is 7.48. The molecular weight excluding hydrogens is 417 g/mol. The summed E-state index contributed by atoms with van der Waals surface area (Å²) in [5.74, 6) is 0. The van der Waals surface area contributed by atoms with Gasteiger partial charge in [0.2, 0.25) is 0 Å². The summed E-state index contributed by atoms with van der Waals surface area (Å²) in [6, 6.07) is 18.6. The predicted molar refractivity (Wildman–Crippen MR) is 126 cm³/mol. The van der Waals surface area contributed by atoms with E-state index in [1.54, 1.807) is 0 Å². The molecule has 3 aromatic carbocycles. The molecule has 5 aromatic rings. The van der Waals surface area contributed by atoms with Crippen molar-refractivity contribution in [3.8, 4) is 21.3 Å². The summed E-state index contributed by atoms with van der Waals surface area (Å²) in [7, 11) is 0. The number of aromatic nitrogens is 1. The van der Waals surface area contributed by atoms with Gasteiger partial charge in [0.05, 0.1) is 0 Å². The molecule has 0 fully saturated rings. The molecule has 0 amide bonds. The molecule has 0 radical (unpaired) electrons. The van der Waals surface area contributed by atoms with Crippen molar-refractivity contribution in [3.63, 3.8) is 0 Å². The van der Waals surface area contributed by atoms with Crippen LogP contribution in [-0.4, -0.2) is 19.5 Å². The van der Waals surface area contributed by atoms with Gasteiger partial charge in [-0.15, -0.1) is 0 Å². The Morgan fingerprint density at radius 3 is 2.55 bits per heavy atom. The summed E-state index contributed by atoms with van der Waals surface area (Å²) in [4.78, 5) is 4.67. The normalized spacial score (nSPS) is 13.9. The molecule has 0 aliphatic heterocycles. The molecule has 142 valence electrons. The van der Waals surface area contributed by atoms with Gasteiger partial charge in [-0.1, -0.05) is 0 Å². The maximum absolute atomic E-state index is 8.28. The minimum absolute atomic E-state index is 0.0110. The van der Waals surface area contributed by atoms with Crippen LogP contribution in [0.2, 0.25) is 0 Å². The second-order valence-electron chi connectivity index (χ2n) is 8.28. The molecule has 2 aromatic heterocycles. The van der Waals surface area contributed by atoms with Crippen LogP contribution in [0.5, 0.6) is 0 Å². The van der Waals surface area contributed by atoms with Gasteiger partial charge in [0.15, 0.2) is 0 Å². The third kappa shape index (κ3) is 3.44. The van der Waals surface area contributed by atoms with Crippen LogP contribution in [0.4, 0.5) is 0 Å². The zero-order valence-electron chi connectivity index (χ0n) is 20.6. The van der Waals surface area contributed by atoms with Gasteiger partial charge in [0.1, 0.15) is 0 Å². The van der Waals surface area contributed by atoms with Crippen molar-refractivity contribution in [2.45, 2.75) is 26.2 Å². The van der Waals surface area contributed by atoms with E-state index in [2.05, 4.69) is 68.2 Å². The molecule has 0 N–H and O–H groups in total. The van der Waals surface area contributed by atoms with Crippen LogP contribution in [0.1, 0.15) is 31.8 Å². The Hall–Kier alpha value is -2.67. The fraction of sp³-hybridized carbons (Fsp3) is 0.148. The van der Waals surface area contributed by atoms with Gasteiger partial charge in [0, 0.05) is 0 Å². The van der Waals surface area contributed by atoms with E-state index in [4.69, 9.17) is 5.48 Å². The molecule has 1 nitrogen and oxygen atoms in total. The molecule has 29 heavy (non-hydrogen) atoms. The zero-order valence-corrected chi connectivity index (χ0v) is 18.3. The summed E-state index contributed by atoms with van der Waals surface area (Å²) in [6.07, 6.45) is 1.81. The first kappa shape index (κ1) is 14.3. The number of benzene rings is 3. The van der Waals surface area contributed by atoms with Gasteiger partial charge in [0.25, 0.3) is 0 Å². The van der Waals surface area contributed by atoms with Crippen molar-refractivity contribution in [2.24, 2.45) is 0 Å². The average Bonchev–Trinajstić information content (AvgIpc) is 3.26. The van der Waals surface area contributed by atoms with Gasteiger partial charge in [-0.3, -0.25) is 0 Å². The first-order chi connectivity index (χ1) is 15.6. The van der Waals surface area contributed by atoms with Crippen LogP contribution in [0.3, 0.4) is 0 Å². The van der Waals surface area contributed by atoms with Crippen LogP contribution in [0.15, 0.2) is 85.0 Å². The van der Waals surface area contributed by atoms with E-state index in [-0.39, 0.29) is 44.1 Å². The molecule has 0 saturated heterocycles. The first-order valence-corrected chi connectivity index (χ1v) is 11.4. The quantitative estimate of drug-likeness (QED) is 0.265. The number of pyridine rings is 1. The maximum atomic E-state index is 8.28. The van der Waals surface area contributed by atoms with Crippen LogP contribution in [0, 0.1) is 0 Å². The molecule has 2 heteroatoms. The van der Waals surface area contributed by atoms with Crippen molar-refractivity contribution in [2.75, 3.05) is 0 Å². The second kappa shape index (κ2) is 6.99. The third-order valence-electron chi connectivity index (χ3n) is 5.18. The Balaban J connectivity index is 1.68. The fourth-order valence-corrected chi connectivity index (χ4v) is 5.75. The van der Waals surface area contributed by atoms with E-state index < -0.39 is 0 Å². The van der Waals surface area contributed by atoms with Crippen LogP contribution >= 0.6 is 0 Å². The molecule has 2 heterocycles. The Bertz CT molecular complexity index is 1500. The van der Waals surface area contributed by atoms with E-state index in [1.165, 1.54) is 16.3 Å². The molecule has 0 unspecified atom stereocenters. The topological polar surface area (TPSA) is 12.9 Å². The van der Waals surface area contributed by atoms with E-state index >= 15 is 0 Å². The number of hydrogen-bond donors (Lipinski definition) is 0. The number of nitrogens with zero attached hydrogens (tertiary/aromatic N) is 1. The monoisotopic (exact) mass is 445 g/mol. The number of fused-ring (bicyclic) bond motifs is 2. The minimum atomic E-state index is -0.190. The van der Waals surface area contributed by atoms with Gasteiger partial charge in [-0.2, -0.15) is 0 Å². The average molecular weight is 444 g/mol. The van der Waals surface area contributed by atoms with Gasteiger partial charge in [-0.25, -0.2) is 0 Å². The van der Waals surface area contributed by atoms with E-state index in [9.17, 15) is 0 Å². The van der Waals surface area contributed by atoms with E-state index in [1.807, 2.05) is 18.3 Å². The van der Waals surface area contributed by atoms with Crippen LogP contribution in [0.25, 0.3) is 41.7 Å². The molecule has 0 spiro atoms. The molecule has 5 rings (SSSR count). The van der Waals surface area contributed by atoms with Gasteiger partial charge >= 0.3 is 183 Å². The fourth-order valence-electron chi connectivity index (χ4n) is 3.73. The Morgan fingerprint density at radius 1 is 0.862 bits per heavy atom. The molecular formula is C27H23NSe. The molecule has 0 saturated carbocycles. The number of rotatable bonds is 2. The SMILES string of the molecule is [2H]c1c([2H])c([2H])c2[se]c(-c3ccnc(-c4cc(C(C)(C)C)c5ccccc5c4)c3)cc2c1[2H]. The first-order valence-electron chi connectivity index (χ1n) is 11.6. The summed E-state index contributed by atoms with van der Waals surface area (Å²) in [5.41, 5.74) is 4.23. The van der Waals surface area contributed by atoms with E-state index in [0.717, 1.165) is 25.5 Å². The summed E-state index contributed by atoms with van der Waals surface area (Å²) in [5, 5.41) is 3.06. The van der Waals surface area contributed by atoms with Gasteiger partial charge < -0.3 is 0 Å². The number of hydrogen-bond acceptors (Lipinski definition) is 1. The van der Waals surface area contributed by atoms with Crippen molar-refractivity contribution < 1.29 is 5.48 Å². The van der Waals surface area contributed by atoms with Crippen molar-refractivity contribution in [1.29, 1.82) is 0 Å². The second-order valence-corrected chi connectivity index (χ2v) is 10.5. The predicted octanol–water partition coefficient (Wildman–Crippen LogP) is 7.08. The Kier molecular flexibility index (Phi) is 3.45. The standard InChI is InChI=1S/C27H23NSe/c1-27(2,3)23-15-21(14-18-8-4-6-10-22(18)23)24-16-20(12-13-28-24)26-17-19-9-5-7-11-25(19)29-26/h4-17H,1-3H3/i5D,7D,9D,11D. The molecule has 0 aliphatic carbocycles. The molecule has 0 aliphatic rings. The van der Waals surface area contributed by atoms with Crippen molar-refractivity contribution >= 4 is 34.9 Å². The van der Waals surface area contributed by atoms with Gasteiger partial charge in [-0.05, 0) is 0 Å². The summed E-state index contributed by atoms with van der Waals surface area (Å²) < 4.78 is 34.3.